The zero-order chi connectivity index (χ0) is 13.1. The number of rotatable bonds is 2. The van der Waals surface area contributed by atoms with Crippen LogP contribution in [0, 0.1) is 12.8 Å². The van der Waals surface area contributed by atoms with Crippen LogP contribution < -0.4 is 11.3 Å². The molecule has 2 rings (SSSR count). The molecule has 1 amide bonds. The lowest BCUT2D eigenvalue weighted by Crippen LogP contribution is -2.38. The first-order valence-electron chi connectivity index (χ1n) is 6.48. The van der Waals surface area contributed by atoms with Crippen molar-refractivity contribution in [3.8, 4) is 0 Å². The molecule has 0 spiro atoms. The minimum atomic E-state index is 0.0786. The van der Waals surface area contributed by atoms with Gasteiger partial charge in [0, 0.05) is 13.1 Å². The fraction of sp³-hybridized carbons (Fsp3) is 0.500. The van der Waals surface area contributed by atoms with Gasteiger partial charge in [0.1, 0.15) is 0 Å². The summed E-state index contributed by atoms with van der Waals surface area (Å²) in [6, 6.07) is 5.70. The Labute approximate surface area is 108 Å². The number of anilines is 1. The molecule has 1 aliphatic heterocycles. The SMILES string of the molecule is Cc1ccc(C(=O)N2CCC(C)CC2)c(NN)c1. The molecule has 4 heteroatoms. The van der Waals surface area contributed by atoms with Crippen molar-refractivity contribution in [2.45, 2.75) is 26.7 Å². The third kappa shape index (κ3) is 2.64. The van der Waals surface area contributed by atoms with Crippen LogP contribution in [0.5, 0.6) is 0 Å². The van der Waals surface area contributed by atoms with Crippen molar-refractivity contribution in [2.24, 2.45) is 11.8 Å². The van der Waals surface area contributed by atoms with Gasteiger partial charge >= 0.3 is 0 Å². The van der Waals surface area contributed by atoms with Gasteiger partial charge in [-0.05, 0) is 43.4 Å². The van der Waals surface area contributed by atoms with E-state index >= 15 is 0 Å². The van der Waals surface area contributed by atoms with Crippen LogP contribution in [0.4, 0.5) is 5.69 Å². The number of nitrogens with two attached hydrogens (primary N) is 1. The van der Waals surface area contributed by atoms with Gasteiger partial charge in [0.15, 0.2) is 0 Å². The van der Waals surface area contributed by atoms with Gasteiger partial charge in [0.25, 0.3) is 5.91 Å². The number of benzene rings is 1. The summed E-state index contributed by atoms with van der Waals surface area (Å²) in [7, 11) is 0. The average Bonchev–Trinajstić information content (AvgIpc) is 2.38. The van der Waals surface area contributed by atoms with E-state index in [9.17, 15) is 4.79 Å². The summed E-state index contributed by atoms with van der Waals surface area (Å²) in [5.74, 6) is 6.29. The Morgan fingerprint density at radius 1 is 1.39 bits per heavy atom. The van der Waals surface area contributed by atoms with E-state index in [0.29, 0.717) is 11.3 Å². The number of aryl methyl sites for hydroxylation is 1. The zero-order valence-electron chi connectivity index (χ0n) is 11.1. The summed E-state index contributed by atoms with van der Waals surface area (Å²) in [6.07, 6.45) is 2.17. The molecule has 1 aliphatic rings. The van der Waals surface area contributed by atoms with Gasteiger partial charge in [-0.15, -0.1) is 0 Å². The zero-order valence-corrected chi connectivity index (χ0v) is 11.1. The maximum absolute atomic E-state index is 12.4. The molecule has 98 valence electrons. The quantitative estimate of drug-likeness (QED) is 0.622. The van der Waals surface area contributed by atoms with E-state index in [1.54, 1.807) is 0 Å². The highest BCUT2D eigenvalue weighted by atomic mass is 16.2. The molecule has 1 fully saturated rings. The summed E-state index contributed by atoms with van der Waals surface area (Å²) < 4.78 is 0. The Morgan fingerprint density at radius 3 is 2.67 bits per heavy atom. The normalized spacial score (nSPS) is 16.7. The number of hydrogen-bond donors (Lipinski definition) is 2. The molecule has 1 heterocycles. The van der Waals surface area contributed by atoms with E-state index in [4.69, 9.17) is 5.84 Å². The third-order valence-electron chi connectivity index (χ3n) is 3.63. The maximum atomic E-state index is 12.4. The van der Waals surface area contributed by atoms with Crippen LogP contribution in [0.3, 0.4) is 0 Å². The van der Waals surface area contributed by atoms with Crippen molar-refractivity contribution < 1.29 is 4.79 Å². The Kier molecular flexibility index (Phi) is 3.87. The number of nitrogens with one attached hydrogen (secondary N) is 1. The van der Waals surface area contributed by atoms with Crippen LogP contribution in [0.15, 0.2) is 18.2 Å². The smallest absolute Gasteiger partial charge is 0.256 e. The number of nitrogen functional groups attached to an aromatic ring is 1. The highest BCUT2D eigenvalue weighted by Crippen LogP contribution is 2.22. The first-order valence-corrected chi connectivity index (χ1v) is 6.48. The predicted molar refractivity (Wildman–Crippen MR) is 73.3 cm³/mol. The van der Waals surface area contributed by atoms with Gasteiger partial charge in [-0.25, -0.2) is 0 Å². The van der Waals surface area contributed by atoms with Crippen molar-refractivity contribution in [3.63, 3.8) is 0 Å². The first-order chi connectivity index (χ1) is 8.61. The standard InChI is InChI=1S/C14H21N3O/c1-10-5-7-17(8-6-10)14(18)12-4-3-11(2)9-13(12)16-15/h3-4,9-10,16H,5-8,15H2,1-2H3. The Hall–Kier alpha value is -1.55. The number of likely N-dealkylation sites (tertiary alicyclic amines) is 1. The van der Waals surface area contributed by atoms with Gasteiger partial charge < -0.3 is 10.3 Å². The molecule has 0 saturated carbocycles. The Bertz CT molecular complexity index is 437. The number of hydrogen-bond acceptors (Lipinski definition) is 3. The molecular weight excluding hydrogens is 226 g/mol. The van der Waals surface area contributed by atoms with Crippen LogP contribution in [0.1, 0.15) is 35.7 Å². The molecule has 0 aliphatic carbocycles. The lowest BCUT2D eigenvalue weighted by atomic mass is 9.98. The summed E-state index contributed by atoms with van der Waals surface area (Å²) in [6.45, 7) is 5.91. The highest BCUT2D eigenvalue weighted by molar-refractivity contribution is 5.99. The summed E-state index contributed by atoms with van der Waals surface area (Å²) in [5.41, 5.74) is 5.08. The number of carbonyl (C=O) groups is 1. The molecule has 0 unspecified atom stereocenters. The number of carbonyl (C=O) groups excluding carboxylic acids is 1. The molecule has 1 saturated heterocycles. The van der Waals surface area contributed by atoms with Crippen molar-refractivity contribution in [3.05, 3.63) is 29.3 Å². The highest BCUT2D eigenvalue weighted by Gasteiger charge is 2.23. The fourth-order valence-electron chi connectivity index (χ4n) is 2.35. The topological polar surface area (TPSA) is 58.4 Å². The Morgan fingerprint density at radius 2 is 2.06 bits per heavy atom. The molecule has 0 radical (unpaired) electrons. The van der Waals surface area contributed by atoms with Crippen molar-refractivity contribution in [1.82, 2.24) is 4.90 Å². The largest absolute Gasteiger partial charge is 0.339 e. The molecule has 18 heavy (non-hydrogen) atoms. The van der Waals surface area contributed by atoms with E-state index in [1.807, 2.05) is 30.0 Å². The molecule has 0 bridgehead atoms. The number of amides is 1. The van der Waals surface area contributed by atoms with E-state index in [0.717, 1.165) is 37.4 Å². The average molecular weight is 247 g/mol. The van der Waals surface area contributed by atoms with Crippen LogP contribution >= 0.6 is 0 Å². The minimum absolute atomic E-state index is 0.0786. The van der Waals surface area contributed by atoms with Gasteiger partial charge in [-0.1, -0.05) is 13.0 Å². The molecular formula is C14H21N3O. The lowest BCUT2D eigenvalue weighted by molar-refractivity contribution is 0.0698. The molecule has 0 atom stereocenters. The molecule has 3 N–H and O–H groups in total. The molecule has 1 aromatic rings. The summed E-state index contributed by atoms with van der Waals surface area (Å²) in [5, 5.41) is 0. The van der Waals surface area contributed by atoms with Crippen LogP contribution in [0.2, 0.25) is 0 Å². The second kappa shape index (κ2) is 5.40. The van der Waals surface area contributed by atoms with Crippen LogP contribution in [-0.4, -0.2) is 23.9 Å². The number of hydrazine groups is 1. The predicted octanol–water partition coefficient (Wildman–Crippen LogP) is 2.15. The second-order valence-corrected chi connectivity index (χ2v) is 5.17. The maximum Gasteiger partial charge on any atom is 0.256 e. The molecule has 1 aromatic carbocycles. The van der Waals surface area contributed by atoms with E-state index < -0.39 is 0 Å². The third-order valence-corrected chi connectivity index (χ3v) is 3.63. The minimum Gasteiger partial charge on any atom is -0.339 e. The molecule has 4 nitrogen and oxygen atoms in total. The van der Waals surface area contributed by atoms with Gasteiger partial charge in [0.05, 0.1) is 11.3 Å². The van der Waals surface area contributed by atoms with Gasteiger partial charge in [-0.3, -0.25) is 10.6 Å². The van der Waals surface area contributed by atoms with Gasteiger partial charge in [-0.2, -0.15) is 0 Å². The monoisotopic (exact) mass is 247 g/mol. The fourth-order valence-corrected chi connectivity index (χ4v) is 2.35. The van der Waals surface area contributed by atoms with E-state index in [-0.39, 0.29) is 5.91 Å². The van der Waals surface area contributed by atoms with E-state index in [1.165, 1.54) is 0 Å². The molecule has 0 aromatic heterocycles. The van der Waals surface area contributed by atoms with Crippen LogP contribution in [-0.2, 0) is 0 Å². The van der Waals surface area contributed by atoms with Crippen molar-refractivity contribution in [1.29, 1.82) is 0 Å². The van der Waals surface area contributed by atoms with Gasteiger partial charge in [0.2, 0.25) is 0 Å². The second-order valence-electron chi connectivity index (χ2n) is 5.17. The van der Waals surface area contributed by atoms with Crippen LogP contribution in [0.25, 0.3) is 0 Å². The van der Waals surface area contributed by atoms with E-state index in [2.05, 4.69) is 12.3 Å². The lowest BCUT2D eigenvalue weighted by Gasteiger charge is -2.30. The number of piperidine rings is 1. The summed E-state index contributed by atoms with van der Waals surface area (Å²) in [4.78, 5) is 14.3. The van der Waals surface area contributed by atoms with Crippen molar-refractivity contribution >= 4 is 11.6 Å². The number of nitrogens with zero attached hydrogens (tertiary/aromatic N) is 1. The summed E-state index contributed by atoms with van der Waals surface area (Å²) >= 11 is 0. The Balaban J connectivity index is 2.18. The van der Waals surface area contributed by atoms with Crippen molar-refractivity contribution in [2.75, 3.05) is 18.5 Å². The first kappa shape index (κ1) is 12.9.